The van der Waals surface area contributed by atoms with Crippen molar-refractivity contribution in [1.29, 1.82) is 0 Å². The molecule has 0 spiro atoms. The Hall–Kier alpha value is -1.24. The summed E-state index contributed by atoms with van der Waals surface area (Å²) in [5.74, 6) is 0.261. The average molecular weight is 477 g/mol. The van der Waals surface area contributed by atoms with Crippen LogP contribution in [0.5, 0.6) is 0 Å². The molecule has 3 heterocycles. The lowest BCUT2D eigenvalue weighted by Crippen LogP contribution is -2.58. The second-order valence-electron chi connectivity index (χ2n) is 11.8. The third kappa shape index (κ3) is 4.75. The summed E-state index contributed by atoms with van der Waals surface area (Å²) in [5.41, 5.74) is -1.34. The van der Waals surface area contributed by atoms with Crippen LogP contribution >= 0.6 is 0 Å². The van der Waals surface area contributed by atoms with Gasteiger partial charge in [-0.1, -0.05) is 46.1 Å². The van der Waals surface area contributed by atoms with Gasteiger partial charge in [-0.3, -0.25) is 9.59 Å². The average Bonchev–Trinajstić information content (AvgIpc) is 3.13. The standard InChI is InChI=1S/C28H44O6/c1-6-7-8-9-10-11-23(30)34-22-15-20(29)17(2)14-21-25-24-19(12-13-27(25,4)31)18(3)16-32-28(22,5)26(24)33-21/h18-19,21-22,24-26,31H,2,6-16H2,1,3-5H3/t18-,19-,21-,22+,24-,25-,26-,27-,28?/m1/s1. The van der Waals surface area contributed by atoms with E-state index in [1.807, 2.05) is 13.8 Å². The predicted molar refractivity (Wildman–Crippen MR) is 129 cm³/mol. The van der Waals surface area contributed by atoms with Crippen molar-refractivity contribution in [3.63, 3.8) is 0 Å². The van der Waals surface area contributed by atoms with Crippen molar-refractivity contribution >= 4 is 11.8 Å². The number of hydrogen-bond acceptors (Lipinski definition) is 6. The topological polar surface area (TPSA) is 82.1 Å². The van der Waals surface area contributed by atoms with Crippen LogP contribution in [0.2, 0.25) is 0 Å². The van der Waals surface area contributed by atoms with Crippen LogP contribution in [0.25, 0.3) is 0 Å². The Balaban J connectivity index is 1.63. The first-order valence-electron chi connectivity index (χ1n) is 13.5. The van der Waals surface area contributed by atoms with Crippen molar-refractivity contribution in [2.45, 2.75) is 121 Å². The van der Waals surface area contributed by atoms with E-state index < -0.39 is 17.3 Å². The van der Waals surface area contributed by atoms with Gasteiger partial charge in [0.05, 0.1) is 30.8 Å². The van der Waals surface area contributed by atoms with Crippen molar-refractivity contribution in [2.24, 2.45) is 23.7 Å². The molecule has 4 aliphatic rings. The fraction of sp³-hybridized carbons (Fsp3) is 0.857. The van der Waals surface area contributed by atoms with Gasteiger partial charge in [-0.05, 0) is 56.4 Å². The Morgan fingerprint density at radius 3 is 2.68 bits per heavy atom. The van der Waals surface area contributed by atoms with E-state index in [9.17, 15) is 14.7 Å². The fourth-order valence-corrected chi connectivity index (χ4v) is 7.19. The Bertz CT molecular complexity index is 790. The molecule has 0 aromatic carbocycles. The number of Topliss-reactive ketones (excluding diaryl/α,β-unsaturated/α-hetero) is 1. The van der Waals surface area contributed by atoms with E-state index in [0.29, 0.717) is 43.3 Å². The van der Waals surface area contributed by atoms with Crippen molar-refractivity contribution < 1.29 is 28.9 Å². The predicted octanol–water partition coefficient (Wildman–Crippen LogP) is 4.76. The maximum Gasteiger partial charge on any atom is 0.306 e. The lowest BCUT2D eigenvalue weighted by atomic mass is 9.58. The summed E-state index contributed by atoms with van der Waals surface area (Å²) in [7, 11) is 0. The molecule has 0 amide bonds. The smallest absolute Gasteiger partial charge is 0.306 e. The molecule has 1 unspecified atom stereocenters. The van der Waals surface area contributed by atoms with Crippen LogP contribution in [-0.2, 0) is 23.8 Å². The summed E-state index contributed by atoms with van der Waals surface area (Å²) < 4.78 is 19.3. The SMILES string of the molecule is C=C1C[C@H]2O[C@@H]3[C@@H]4[C@H](CC[C@@](C)(O)[C@@H]42)[C@H](C)COC3(C)[C@@H](OC(=O)CCCCCCC)CC1=O. The van der Waals surface area contributed by atoms with E-state index in [-0.39, 0.29) is 42.2 Å². The van der Waals surface area contributed by atoms with Crippen molar-refractivity contribution in [3.05, 3.63) is 12.2 Å². The highest BCUT2D eigenvalue weighted by Crippen LogP contribution is 2.58. The van der Waals surface area contributed by atoms with Gasteiger partial charge in [0.2, 0.25) is 0 Å². The van der Waals surface area contributed by atoms with Gasteiger partial charge in [0, 0.05) is 18.8 Å². The summed E-state index contributed by atoms with van der Waals surface area (Å²) in [4.78, 5) is 26.0. The Morgan fingerprint density at radius 2 is 1.94 bits per heavy atom. The van der Waals surface area contributed by atoms with Gasteiger partial charge in [-0.15, -0.1) is 0 Å². The number of fused-ring (bicyclic) bond motifs is 2. The normalized spacial score (nSPS) is 44.1. The number of ether oxygens (including phenoxy) is 3. The molecule has 1 saturated carbocycles. The van der Waals surface area contributed by atoms with Crippen LogP contribution in [0, 0.1) is 23.7 Å². The van der Waals surface area contributed by atoms with Crippen LogP contribution in [0.15, 0.2) is 12.2 Å². The van der Waals surface area contributed by atoms with E-state index in [4.69, 9.17) is 14.2 Å². The third-order valence-electron chi connectivity index (χ3n) is 9.25. The molecule has 6 heteroatoms. The minimum absolute atomic E-state index is 0.0658. The van der Waals surface area contributed by atoms with Gasteiger partial charge in [0.1, 0.15) is 11.7 Å². The molecule has 2 bridgehead atoms. The van der Waals surface area contributed by atoms with E-state index in [0.717, 1.165) is 32.1 Å². The molecule has 4 fully saturated rings. The molecule has 1 N–H and O–H groups in total. The van der Waals surface area contributed by atoms with E-state index >= 15 is 0 Å². The first-order chi connectivity index (χ1) is 16.1. The van der Waals surface area contributed by atoms with Gasteiger partial charge in [-0.25, -0.2) is 0 Å². The molecule has 4 rings (SSSR count). The van der Waals surface area contributed by atoms with Gasteiger partial charge in [0.25, 0.3) is 0 Å². The largest absolute Gasteiger partial charge is 0.459 e. The van der Waals surface area contributed by atoms with Crippen LogP contribution < -0.4 is 0 Å². The van der Waals surface area contributed by atoms with Gasteiger partial charge in [-0.2, -0.15) is 0 Å². The second-order valence-corrected chi connectivity index (χ2v) is 11.8. The highest BCUT2D eigenvalue weighted by atomic mass is 16.6. The molecule has 1 aliphatic carbocycles. The van der Waals surface area contributed by atoms with Crippen LogP contribution in [0.3, 0.4) is 0 Å². The zero-order valence-electron chi connectivity index (χ0n) is 21.5. The molecular formula is C28H44O6. The maximum absolute atomic E-state index is 13.1. The van der Waals surface area contributed by atoms with Crippen LogP contribution in [0.1, 0.15) is 91.9 Å². The zero-order chi connectivity index (χ0) is 24.7. The summed E-state index contributed by atoms with van der Waals surface area (Å²) in [6.45, 7) is 12.8. The molecule has 3 saturated heterocycles. The van der Waals surface area contributed by atoms with Gasteiger partial charge >= 0.3 is 5.97 Å². The number of unbranched alkanes of at least 4 members (excludes halogenated alkanes) is 4. The highest BCUT2D eigenvalue weighted by Gasteiger charge is 2.66. The van der Waals surface area contributed by atoms with Gasteiger partial charge < -0.3 is 19.3 Å². The number of ketones is 1. The number of carbonyl (C=O) groups is 2. The fourth-order valence-electron chi connectivity index (χ4n) is 7.19. The van der Waals surface area contributed by atoms with Crippen molar-refractivity contribution in [3.8, 4) is 0 Å². The third-order valence-corrected chi connectivity index (χ3v) is 9.25. The molecule has 0 aromatic heterocycles. The molecule has 6 nitrogen and oxygen atoms in total. The van der Waals surface area contributed by atoms with E-state index in [1.165, 1.54) is 6.42 Å². The second kappa shape index (κ2) is 10.0. The first kappa shape index (κ1) is 25.8. The molecule has 0 aromatic rings. The van der Waals surface area contributed by atoms with Crippen LogP contribution in [-0.4, -0.2) is 53.0 Å². The van der Waals surface area contributed by atoms with Gasteiger partial charge in [0.15, 0.2) is 5.78 Å². The lowest BCUT2D eigenvalue weighted by molar-refractivity contribution is -0.202. The van der Waals surface area contributed by atoms with E-state index in [1.54, 1.807) is 0 Å². The number of rotatable bonds is 7. The Morgan fingerprint density at radius 1 is 1.21 bits per heavy atom. The maximum atomic E-state index is 13.1. The number of hydrogen-bond donors (Lipinski definition) is 1. The number of carbonyl (C=O) groups excluding carboxylic acids is 2. The molecule has 9 atom stereocenters. The monoisotopic (exact) mass is 476 g/mol. The van der Waals surface area contributed by atoms with Crippen LogP contribution in [0.4, 0.5) is 0 Å². The summed E-state index contributed by atoms with van der Waals surface area (Å²) >= 11 is 0. The number of esters is 1. The van der Waals surface area contributed by atoms with Crippen molar-refractivity contribution in [1.82, 2.24) is 0 Å². The molecule has 192 valence electrons. The Labute approximate surface area is 204 Å². The molecular weight excluding hydrogens is 432 g/mol. The number of aliphatic hydroxyl groups is 1. The summed E-state index contributed by atoms with van der Waals surface area (Å²) in [6.07, 6.45) is 6.32. The quantitative estimate of drug-likeness (QED) is 0.324. The summed E-state index contributed by atoms with van der Waals surface area (Å²) in [6, 6.07) is 0. The highest BCUT2D eigenvalue weighted by molar-refractivity contribution is 5.95. The van der Waals surface area contributed by atoms with Crippen molar-refractivity contribution in [2.75, 3.05) is 6.61 Å². The van der Waals surface area contributed by atoms with E-state index in [2.05, 4.69) is 20.4 Å². The molecule has 34 heavy (non-hydrogen) atoms. The Kier molecular flexibility index (Phi) is 7.62. The lowest BCUT2D eigenvalue weighted by Gasteiger charge is -2.48. The minimum Gasteiger partial charge on any atom is -0.459 e. The minimum atomic E-state index is -0.952. The molecule has 3 aliphatic heterocycles. The first-order valence-corrected chi connectivity index (χ1v) is 13.5. The molecule has 0 radical (unpaired) electrons. The zero-order valence-corrected chi connectivity index (χ0v) is 21.5. The summed E-state index contributed by atoms with van der Waals surface area (Å²) in [5, 5.41) is 11.4.